The van der Waals surface area contributed by atoms with Gasteiger partial charge in [0.2, 0.25) is 5.91 Å². The molecule has 0 saturated heterocycles. The summed E-state index contributed by atoms with van der Waals surface area (Å²) in [5.74, 6) is -0.657. The highest BCUT2D eigenvalue weighted by Gasteiger charge is 2.17. The Bertz CT molecular complexity index is 890. The number of hydrazine groups is 1. The molecule has 0 fully saturated rings. The molecule has 9 heteroatoms. The molecule has 29 heavy (non-hydrogen) atoms. The molecule has 154 valence electrons. The maximum absolute atomic E-state index is 12.2. The second-order valence-electron chi connectivity index (χ2n) is 6.15. The molecule has 0 aliphatic heterocycles. The van der Waals surface area contributed by atoms with E-state index in [2.05, 4.69) is 32.1 Å². The molecule has 0 saturated carbocycles. The number of rotatable bonds is 7. The quantitative estimate of drug-likeness (QED) is 0.518. The van der Waals surface area contributed by atoms with Crippen LogP contribution >= 0.6 is 27.5 Å². The van der Waals surface area contributed by atoms with E-state index < -0.39 is 17.9 Å². The van der Waals surface area contributed by atoms with Crippen molar-refractivity contribution >= 4 is 50.9 Å². The Morgan fingerprint density at radius 3 is 2.41 bits per heavy atom. The smallest absolute Gasteiger partial charge is 0.279 e. The Kier molecular flexibility index (Phi) is 8.48. The summed E-state index contributed by atoms with van der Waals surface area (Å²) in [4.78, 5) is 35.9. The number of halogens is 2. The van der Waals surface area contributed by atoms with Gasteiger partial charge in [-0.1, -0.05) is 18.5 Å². The minimum absolute atomic E-state index is 0.0849. The van der Waals surface area contributed by atoms with Crippen LogP contribution in [-0.2, 0) is 9.59 Å². The Hall–Kier alpha value is -2.58. The normalized spacial score (nSPS) is 11.3. The van der Waals surface area contributed by atoms with Crippen molar-refractivity contribution in [2.24, 2.45) is 0 Å². The second kappa shape index (κ2) is 10.8. The number of hydrogen-bond acceptors (Lipinski definition) is 4. The fourth-order valence-corrected chi connectivity index (χ4v) is 3.04. The van der Waals surface area contributed by atoms with Crippen LogP contribution in [0.5, 0.6) is 5.75 Å². The summed E-state index contributed by atoms with van der Waals surface area (Å²) in [6, 6.07) is 11.3. The SMILES string of the molecule is CCCC(=O)Nc1ccc(C(=O)NNC(=O)C(C)Oc2ccc(Cl)cc2Br)cc1. The third-order valence-corrected chi connectivity index (χ3v) is 4.63. The van der Waals surface area contributed by atoms with Crippen molar-refractivity contribution in [2.75, 3.05) is 5.32 Å². The van der Waals surface area contributed by atoms with Gasteiger partial charge < -0.3 is 10.1 Å². The second-order valence-corrected chi connectivity index (χ2v) is 7.44. The van der Waals surface area contributed by atoms with E-state index in [-0.39, 0.29) is 5.91 Å². The van der Waals surface area contributed by atoms with E-state index in [1.165, 1.54) is 0 Å². The van der Waals surface area contributed by atoms with E-state index >= 15 is 0 Å². The number of hydrogen-bond donors (Lipinski definition) is 3. The van der Waals surface area contributed by atoms with Gasteiger partial charge in [0.25, 0.3) is 11.8 Å². The molecule has 0 aromatic heterocycles. The number of ether oxygens (including phenoxy) is 1. The van der Waals surface area contributed by atoms with E-state index in [0.717, 1.165) is 6.42 Å². The summed E-state index contributed by atoms with van der Waals surface area (Å²) in [7, 11) is 0. The summed E-state index contributed by atoms with van der Waals surface area (Å²) < 4.78 is 6.17. The maximum atomic E-state index is 12.2. The van der Waals surface area contributed by atoms with Crippen LogP contribution in [0, 0.1) is 0 Å². The zero-order valence-electron chi connectivity index (χ0n) is 15.9. The van der Waals surface area contributed by atoms with E-state index in [9.17, 15) is 14.4 Å². The highest BCUT2D eigenvalue weighted by molar-refractivity contribution is 9.10. The summed E-state index contributed by atoms with van der Waals surface area (Å²) in [5.41, 5.74) is 5.58. The van der Waals surface area contributed by atoms with Crippen molar-refractivity contribution < 1.29 is 19.1 Å². The van der Waals surface area contributed by atoms with Gasteiger partial charge >= 0.3 is 0 Å². The van der Waals surface area contributed by atoms with Crippen LogP contribution in [0.4, 0.5) is 5.69 Å². The van der Waals surface area contributed by atoms with Gasteiger partial charge in [0.05, 0.1) is 4.47 Å². The highest BCUT2D eigenvalue weighted by Crippen LogP contribution is 2.28. The van der Waals surface area contributed by atoms with Crippen LogP contribution < -0.4 is 20.9 Å². The van der Waals surface area contributed by atoms with Gasteiger partial charge in [0, 0.05) is 22.7 Å². The first-order valence-electron chi connectivity index (χ1n) is 8.92. The van der Waals surface area contributed by atoms with Crippen molar-refractivity contribution in [1.29, 1.82) is 0 Å². The van der Waals surface area contributed by atoms with E-state index in [1.54, 1.807) is 49.4 Å². The zero-order valence-corrected chi connectivity index (χ0v) is 18.3. The van der Waals surface area contributed by atoms with E-state index in [1.807, 2.05) is 6.92 Å². The molecule has 0 aliphatic carbocycles. The molecular weight excluding hydrogens is 462 g/mol. The Morgan fingerprint density at radius 2 is 1.79 bits per heavy atom. The number of amides is 3. The molecular formula is C20H21BrClN3O4. The number of nitrogens with one attached hydrogen (secondary N) is 3. The Balaban J connectivity index is 1.85. The summed E-state index contributed by atoms with van der Waals surface area (Å²) in [6.45, 7) is 3.47. The van der Waals surface area contributed by atoms with E-state index in [4.69, 9.17) is 16.3 Å². The third-order valence-electron chi connectivity index (χ3n) is 3.77. The lowest BCUT2D eigenvalue weighted by Gasteiger charge is -2.16. The van der Waals surface area contributed by atoms with Gasteiger partial charge in [-0.15, -0.1) is 0 Å². The largest absolute Gasteiger partial charge is 0.480 e. The third kappa shape index (κ3) is 7.07. The molecule has 0 spiro atoms. The zero-order chi connectivity index (χ0) is 21.4. The monoisotopic (exact) mass is 481 g/mol. The lowest BCUT2D eigenvalue weighted by Crippen LogP contribution is -2.47. The first-order valence-corrected chi connectivity index (χ1v) is 10.1. The lowest BCUT2D eigenvalue weighted by molar-refractivity contribution is -0.128. The number of benzene rings is 2. The number of carbonyl (C=O) groups excluding carboxylic acids is 3. The van der Waals surface area contributed by atoms with Crippen LogP contribution in [0.3, 0.4) is 0 Å². The number of anilines is 1. The van der Waals surface area contributed by atoms with E-state index in [0.29, 0.717) is 32.9 Å². The summed E-state index contributed by atoms with van der Waals surface area (Å²) >= 11 is 9.18. The van der Waals surface area contributed by atoms with Crippen LogP contribution in [0.2, 0.25) is 5.02 Å². The van der Waals surface area contributed by atoms with Crippen molar-refractivity contribution in [3.05, 3.63) is 57.5 Å². The van der Waals surface area contributed by atoms with Gasteiger partial charge in [-0.25, -0.2) is 0 Å². The Morgan fingerprint density at radius 1 is 1.10 bits per heavy atom. The van der Waals surface area contributed by atoms with Gasteiger partial charge in [0.15, 0.2) is 6.10 Å². The predicted octanol–water partition coefficient (Wildman–Crippen LogP) is 4.07. The molecule has 2 aromatic carbocycles. The fraction of sp³-hybridized carbons (Fsp3) is 0.250. The molecule has 0 radical (unpaired) electrons. The van der Waals surface area contributed by atoms with Crippen LogP contribution in [0.1, 0.15) is 37.0 Å². The molecule has 1 atom stereocenters. The lowest BCUT2D eigenvalue weighted by atomic mass is 10.2. The highest BCUT2D eigenvalue weighted by atomic mass is 79.9. The van der Waals surface area contributed by atoms with Crippen molar-refractivity contribution in [2.45, 2.75) is 32.8 Å². The predicted molar refractivity (Wildman–Crippen MR) is 115 cm³/mol. The topological polar surface area (TPSA) is 96.5 Å². The van der Waals surface area contributed by atoms with Crippen LogP contribution in [0.15, 0.2) is 46.9 Å². The maximum Gasteiger partial charge on any atom is 0.279 e. The molecule has 2 aromatic rings. The van der Waals surface area contributed by atoms with Gasteiger partial charge in [-0.3, -0.25) is 25.2 Å². The minimum Gasteiger partial charge on any atom is -0.480 e. The molecule has 0 aliphatic rings. The van der Waals surface area contributed by atoms with Gasteiger partial charge in [0.1, 0.15) is 5.75 Å². The average Bonchev–Trinajstić information content (AvgIpc) is 2.68. The molecule has 2 rings (SSSR count). The fourth-order valence-electron chi connectivity index (χ4n) is 2.26. The molecule has 3 amide bonds. The first-order chi connectivity index (χ1) is 13.8. The Labute approximate surface area is 182 Å². The molecule has 7 nitrogen and oxygen atoms in total. The summed E-state index contributed by atoms with van der Waals surface area (Å²) in [5, 5.41) is 3.27. The first kappa shape index (κ1) is 22.7. The van der Waals surface area contributed by atoms with Crippen LogP contribution in [0.25, 0.3) is 0 Å². The minimum atomic E-state index is -0.857. The van der Waals surface area contributed by atoms with Crippen LogP contribution in [-0.4, -0.2) is 23.8 Å². The van der Waals surface area contributed by atoms with Crippen molar-refractivity contribution in [3.63, 3.8) is 0 Å². The van der Waals surface area contributed by atoms with Gasteiger partial charge in [-0.2, -0.15) is 0 Å². The van der Waals surface area contributed by atoms with Gasteiger partial charge in [-0.05, 0) is 71.7 Å². The molecule has 0 heterocycles. The van der Waals surface area contributed by atoms with Crippen molar-refractivity contribution in [3.8, 4) is 5.75 Å². The molecule has 1 unspecified atom stereocenters. The summed E-state index contributed by atoms with van der Waals surface area (Å²) in [6.07, 6.45) is 0.327. The number of carbonyl (C=O) groups is 3. The standard InChI is InChI=1S/C20H21BrClN3O4/c1-3-4-18(26)23-15-8-5-13(6-9-15)20(28)25-24-19(27)12(2)29-17-10-7-14(22)11-16(17)21/h5-12H,3-4H2,1-2H3,(H,23,26)(H,24,27)(H,25,28). The molecule has 0 bridgehead atoms. The van der Waals surface area contributed by atoms with Crippen molar-refractivity contribution in [1.82, 2.24) is 10.9 Å². The average molecular weight is 483 g/mol. The molecule has 3 N–H and O–H groups in total.